The zero-order valence-corrected chi connectivity index (χ0v) is 8.55. The van der Waals surface area contributed by atoms with E-state index in [1.165, 1.54) is 5.56 Å². The largest absolute Gasteiger partial charge is 0.118 e. The number of benzene rings is 1. The highest BCUT2D eigenvalue weighted by atomic mass is 35.5. The van der Waals surface area contributed by atoms with Crippen LogP contribution >= 0.6 is 34.8 Å². The summed E-state index contributed by atoms with van der Waals surface area (Å²) in [5, 5.41) is 1.52. The van der Waals surface area contributed by atoms with Gasteiger partial charge in [-0.15, -0.1) is 11.6 Å². The van der Waals surface area contributed by atoms with Gasteiger partial charge in [0.15, 0.2) is 0 Å². The molecule has 0 saturated carbocycles. The smallest absolute Gasteiger partial charge is 0.0592 e. The summed E-state index contributed by atoms with van der Waals surface area (Å²) in [6, 6.07) is 3.68. The van der Waals surface area contributed by atoms with Crippen molar-refractivity contribution in [1.82, 2.24) is 0 Å². The van der Waals surface area contributed by atoms with Gasteiger partial charge >= 0.3 is 0 Å². The predicted molar refractivity (Wildman–Crippen MR) is 53.4 cm³/mol. The monoisotopic (exact) mass is 220 g/mol. The molecule has 0 spiro atoms. The first-order chi connectivity index (χ1) is 5.68. The van der Waals surface area contributed by atoms with Crippen molar-refractivity contribution in [3.63, 3.8) is 0 Å². The van der Waals surface area contributed by atoms with Crippen LogP contribution in [-0.4, -0.2) is 0 Å². The number of hydrogen-bond acceptors (Lipinski definition) is 0. The minimum atomic E-state index is 0.0937. The van der Waals surface area contributed by atoms with E-state index in [-0.39, 0.29) is 5.38 Å². The molecule has 0 aromatic heterocycles. The van der Waals surface area contributed by atoms with E-state index in [1.54, 1.807) is 6.07 Å². The quantitative estimate of drug-likeness (QED) is 0.576. The molecule has 0 radical (unpaired) electrons. The molecule has 1 aromatic rings. The summed E-state index contributed by atoms with van der Waals surface area (Å²) >= 11 is 17.9. The van der Waals surface area contributed by atoms with Crippen LogP contribution < -0.4 is 0 Å². The average Bonchev–Trinajstić information content (AvgIpc) is 2.33. The standard InChI is InChI=1S/C9H7Cl3/c10-5-3-7-6(9(12)4-5)1-2-8(7)11/h3-4,8H,1-2H2/t8-/m1/s1. The van der Waals surface area contributed by atoms with Crippen LogP contribution in [0, 0.1) is 0 Å². The second kappa shape index (κ2) is 3.10. The van der Waals surface area contributed by atoms with Crippen LogP contribution in [0.25, 0.3) is 0 Å². The highest BCUT2D eigenvalue weighted by molar-refractivity contribution is 6.35. The maximum atomic E-state index is 6.07. The Kier molecular flexibility index (Phi) is 2.24. The Morgan fingerprint density at radius 1 is 1.25 bits per heavy atom. The molecule has 0 unspecified atom stereocenters. The van der Waals surface area contributed by atoms with E-state index in [4.69, 9.17) is 34.8 Å². The van der Waals surface area contributed by atoms with Gasteiger partial charge in [0.05, 0.1) is 5.38 Å². The lowest BCUT2D eigenvalue weighted by atomic mass is 10.1. The lowest BCUT2D eigenvalue weighted by Crippen LogP contribution is -1.84. The Labute approximate surface area is 86.4 Å². The number of alkyl halides is 1. The van der Waals surface area contributed by atoms with E-state index < -0.39 is 0 Å². The number of hydrogen-bond donors (Lipinski definition) is 0. The van der Waals surface area contributed by atoms with Crippen molar-refractivity contribution in [2.45, 2.75) is 18.2 Å². The van der Waals surface area contributed by atoms with Crippen molar-refractivity contribution >= 4 is 34.8 Å². The molecule has 64 valence electrons. The summed E-state index contributed by atoms with van der Waals surface area (Å²) < 4.78 is 0. The van der Waals surface area contributed by atoms with Crippen LogP contribution in [0.4, 0.5) is 0 Å². The fraction of sp³-hybridized carbons (Fsp3) is 0.333. The maximum Gasteiger partial charge on any atom is 0.0592 e. The van der Waals surface area contributed by atoms with E-state index in [0.717, 1.165) is 23.4 Å². The molecule has 0 heterocycles. The summed E-state index contributed by atoms with van der Waals surface area (Å²) in [5.41, 5.74) is 2.27. The van der Waals surface area contributed by atoms with Crippen molar-refractivity contribution in [3.05, 3.63) is 33.3 Å². The third-order valence-electron chi connectivity index (χ3n) is 2.18. The van der Waals surface area contributed by atoms with Crippen LogP contribution in [0.15, 0.2) is 12.1 Å². The predicted octanol–water partition coefficient (Wildman–Crippen LogP) is 4.22. The van der Waals surface area contributed by atoms with Gasteiger partial charge in [0.2, 0.25) is 0 Å². The van der Waals surface area contributed by atoms with Gasteiger partial charge in [0.25, 0.3) is 0 Å². The molecule has 0 N–H and O–H groups in total. The number of halogens is 3. The second-order valence-electron chi connectivity index (χ2n) is 2.96. The van der Waals surface area contributed by atoms with Crippen molar-refractivity contribution in [2.75, 3.05) is 0 Å². The van der Waals surface area contributed by atoms with Crippen molar-refractivity contribution in [1.29, 1.82) is 0 Å². The van der Waals surface area contributed by atoms with Gasteiger partial charge in [-0.05, 0) is 36.1 Å². The van der Waals surface area contributed by atoms with Crippen molar-refractivity contribution in [2.24, 2.45) is 0 Å². The Balaban J connectivity index is 2.60. The lowest BCUT2D eigenvalue weighted by molar-refractivity contribution is 0.882. The molecule has 2 rings (SSSR count). The van der Waals surface area contributed by atoms with Gasteiger partial charge in [-0.25, -0.2) is 0 Å². The van der Waals surface area contributed by atoms with E-state index in [1.807, 2.05) is 6.07 Å². The third-order valence-corrected chi connectivity index (χ3v) is 3.19. The van der Waals surface area contributed by atoms with Gasteiger partial charge in [-0.1, -0.05) is 23.2 Å². The first-order valence-electron chi connectivity index (χ1n) is 3.80. The second-order valence-corrected chi connectivity index (χ2v) is 4.33. The summed E-state index contributed by atoms with van der Waals surface area (Å²) in [6.07, 6.45) is 1.94. The maximum absolute atomic E-state index is 6.07. The summed E-state index contributed by atoms with van der Waals surface area (Å²) in [6.45, 7) is 0. The Morgan fingerprint density at radius 3 is 2.75 bits per heavy atom. The highest BCUT2D eigenvalue weighted by Crippen LogP contribution is 2.40. The molecular weight excluding hydrogens is 214 g/mol. The first-order valence-corrected chi connectivity index (χ1v) is 4.99. The molecule has 12 heavy (non-hydrogen) atoms. The lowest BCUT2D eigenvalue weighted by Gasteiger charge is -2.04. The molecule has 1 aromatic carbocycles. The van der Waals surface area contributed by atoms with Crippen molar-refractivity contribution < 1.29 is 0 Å². The summed E-state index contributed by atoms with van der Waals surface area (Å²) in [5.74, 6) is 0. The SMILES string of the molecule is Clc1cc(Cl)c2c(c1)[C@H](Cl)CC2. The van der Waals surface area contributed by atoms with E-state index >= 15 is 0 Å². The summed E-state index contributed by atoms with van der Waals surface area (Å²) in [4.78, 5) is 0. The topological polar surface area (TPSA) is 0 Å². The van der Waals surface area contributed by atoms with Gasteiger partial charge in [-0.3, -0.25) is 0 Å². The van der Waals surface area contributed by atoms with Crippen LogP contribution in [0.3, 0.4) is 0 Å². The Hall–Kier alpha value is 0.0900. The van der Waals surface area contributed by atoms with Gasteiger partial charge in [0, 0.05) is 10.0 Å². The van der Waals surface area contributed by atoms with Gasteiger partial charge < -0.3 is 0 Å². The fourth-order valence-electron chi connectivity index (χ4n) is 1.59. The Bertz CT molecular complexity index is 320. The van der Waals surface area contributed by atoms with Crippen LogP contribution in [-0.2, 0) is 6.42 Å². The average molecular weight is 222 g/mol. The molecule has 1 aliphatic carbocycles. The molecule has 0 saturated heterocycles. The summed E-state index contributed by atoms with van der Waals surface area (Å²) in [7, 11) is 0. The zero-order chi connectivity index (χ0) is 8.72. The molecule has 0 aliphatic heterocycles. The Morgan fingerprint density at radius 2 is 2.00 bits per heavy atom. The van der Waals surface area contributed by atoms with Gasteiger partial charge in [0.1, 0.15) is 0 Å². The molecule has 1 aliphatic rings. The molecule has 1 atom stereocenters. The minimum absolute atomic E-state index is 0.0937. The normalized spacial score (nSPS) is 21.1. The number of fused-ring (bicyclic) bond motifs is 1. The molecule has 0 fully saturated rings. The van der Waals surface area contributed by atoms with Crippen LogP contribution in [0.1, 0.15) is 22.9 Å². The van der Waals surface area contributed by atoms with Gasteiger partial charge in [-0.2, -0.15) is 0 Å². The first kappa shape index (κ1) is 8.68. The van der Waals surface area contributed by atoms with Crippen LogP contribution in [0.2, 0.25) is 10.0 Å². The third kappa shape index (κ3) is 1.32. The molecule has 0 amide bonds. The highest BCUT2D eigenvalue weighted by Gasteiger charge is 2.22. The molecule has 0 bridgehead atoms. The molecular formula is C9H7Cl3. The van der Waals surface area contributed by atoms with Crippen molar-refractivity contribution in [3.8, 4) is 0 Å². The minimum Gasteiger partial charge on any atom is -0.118 e. The van der Waals surface area contributed by atoms with E-state index in [9.17, 15) is 0 Å². The number of rotatable bonds is 0. The molecule has 0 nitrogen and oxygen atoms in total. The van der Waals surface area contributed by atoms with E-state index in [0.29, 0.717) is 5.02 Å². The zero-order valence-electron chi connectivity index (χ0n) is 6.28. The van der Waals surface area contributed by atoms with Crippen LogP contribution in [0.5, 0.6) is 0 Å². The van der Waals surface area contributed by atoms with E-state index in [2.05, 4.69) is 0 Å². The molecule has 3 heteroatoms. The fourth-order valence-corrected chi connectivity index (χ4v) is 2.50.